The molecule has 0 saturated heterocycles. The minimum absolute atomic E-state index is 0.00998. The third-order valence-electron chi connectivity index (χ3n) is 3.70. The van der Waals surface area contributed by atoms with E-state index in [0.29, 0.717) is 11.4 Å². The highest BCUT2D eigenvalue weighted by Crippen LogP contribution is 2.11. The van der Waals surface area contributed by atoms with Crippen LogP contribution in [0.2, 0.25) is 0 Å². The molecule has 0 aliphatic heterocycles. The van der Waals surface area contributed by atoms with Crippen LogP contribution in [0.4, 0.5) is 0 Å². The summed E-state index contributed by atoms with van der Waals surface area (Å²) >= 11 is 1.36. The standard InChI is InChI=1S/C18H22N2O2S/c1-12(2)16(20-17(21)15-9-6-10-23-15)18(22)19-11-14-8-5-4-7-13(14)3/h4-10,12,16H,11H2,1-3H3,(H,19,22)(H,20,21)/t16-/m0/s1. The lowest BCUT2D eigenvalue weighted by molar-refractivity contribution is -0.124. The monoisotopic (exact) mass is 330 g/mol. The van der Waals surface area contributed by atoms with Gasteiger partial charge in [-0.1, -0.05) is 44.2 Å². The molecular weight excluding hydrogens is 308 g/mol. The van der Waals surface area contributed by atoms with Crippen molar-refractivity contribution in [1.82, 2.24) is 10.6 Å². The fraction of sp³-hybridized carbons (Fsp3) is 0.333. The van der Waals surface area contributed by atoms with Gasteiger partial charge < -0.3 is 10.6 Å². The van der Waals surface area contributed by atoms with Gasteiger partial charge >= 0.3 is 0 Å². The normalized spacial score (nSPS) is 12.0. The number of amides is 2. The molecule has 0 unspecified atom stereocenters. The van der Waals surface area contributed by atoms with E-state index in [1.807, 2.05) is 56.5 Å². The van der Waals surface area contributed by atoms with E-state index in [4.69, 9.17) is 0 Å². The van der Waals surface area contributed by atoms with Crippen LogP contribution in [0.25, 0.3) is 0 Å². The van der Waals surface area contributed by atoms with Crippen molar-refractivity contribution in [2.45, 2.75) is 33.4 Å². The van der Waals surface area contributed by atoms with E-state index in [1.54, 1.807) is 6.07 Å². The molecule has 2 rings (SSSR count). The first kappa shape index (κ1) is 17.2. The van der Waals surface area contributed by atoms with Crippen LogP contribution in [-0.4, -0.2) is 17.9 Å². The Morgan fingerprint density at radius 2 is 1.87 bits per heavy atom. The number of aryl methyl sites for hydroxylation is 1. The third kappa shape index (κ3) is 4.66. The van der Waals surface area contributed by atoms with Gasteiger partial charge in [0.2, 0.25) is 5.91 Å². The van der Waals surface area contributed by atoms with Crippen molar-refractivity contribution in [2.75, 3.05) is 0 Å². The van der Waals surface area contributed by atoms with Crippen LogP contribution < -0.4 is 10.6 Å². The molecule has 0 fully saturated rings. The summed E-state index contributed by atoms with van der Waals surface area (Å²) in [4.78, 5) is 25.2. The molecule has 1 heterocycles. The molecule has 1 atom stereocenters. The van der Waals surface area contributed by atoms with Crippen LogP contribution in [0.5, 0.6) is 0 Å². The second-order valence-electron chi connectivity index (χ2n) is 5.82. The van der Waals surface area contributed by atoms with Gasteiger partial charge in [0.25, 0.3) is 5.91 Å². The van der Waals surface area contributed by atoms with E-state index in [2.05, 4.69) is 10.6 Å². The summed E-state index contributed by atoms with van der Waals surface area (Å²) in [6.07, 6.45) is 0. The summed E-state index contributed by atoms with van der Waals surface area (Å²) in [6, 6.07) is 11.0. The summed E-state index contributed by atoms with van der Waals surface area (Å²) < 4.78 is 0. The Hall–Kier alpha value is -2.14. The van der Waals surface area contributed by atoms with E-state index < -0.39 is 6.04 Å². The van der Waals surface area contributed by atoms with Crippen LogP contribution in [0.15, 0.2) is 41.8 Å². The molecule has 2 aromatic rings. The first-order valence-electron chi connectivity index (χ1n) is 7.65. The van der Waals surface area contributed by atoms with Crippen molar-refractivity contribution in [2.24, 2.45) is 5.92 Å². The molecular formula is C18H22N2O2S. The van der Waals surface area contributed by atoms with Gasteiger partial charge in [-0.2, -0.15) is 0 Å². The number of rotatable bonds is 6. The molecule has 1 aromatic heterocycles. The van der Waals surface area contributed by atoms with Crippen molar-refractivity contribution in [3.05, 3.63) is 57.8 Å². The molecule has 0 radical (unpaired) electrons. The topological polar surface area (TPSA) is 58.2 Å². The van der Waals surface area contributed by atoms with Gasteiger partial charge in [-0.25, -0.2) is 0 Å². The largest absolute Gasteiger partial charge is 0.350 e. The summed E-state index contributed by atoms with van der Waals surface area (Å²) in [5.41, 5.74) is 2.21. The van der Waals surface area contributed by atoms with Gasteiger partial charge in [-0.05, 0) is 35.4 Å². The van der Waals surface area contributed by atoms with Gasteiger partial charge in [-0.15, -0.1) is 11.3 Å². The lowest BCUT2D eigenvalue weighted by atomic mass is 10.0. The molecule has 0 aliphatic rings. The van der Waals surface area contributed by atoms with E-state index in [9.17, 15) is 9.59 Å². The number of hydrogen-bond acceptors (Lipinski definition) is 3. The maximum Gasteiger partial charge on any atom is 0.262 e. The van der Waals surface area contributed by atoms with E-state index in [0.717, 1.165) is 11.1 Å². The quantitative estimate of drug-likeness (QED) is 0.855. The van der Waals surface area contributed by atoms with Crippen LogP contribution in [0.3, 0.4) is 0 Å². The molecule has 0 saturated carbocycles. The molecule has 4 nitrogen and oxygen atoms in total. The van der Waals surface area contributed by atoms with Crippen molar-refractivity contribution in [3.8, 4) is 0 Å². The first-order valence-corrected chi connectivity index (χ1v) is 8.53. The molecule has 23 heavy (non-hydrogen) atoms. The van der Waals surface area contributed by atoms with Crippen LogP contribution >= 0.6 is 11.3 Å². The molecule has 2 N–H and O–H groups in total. The smallest absolute Gasteiger partial charge is 0.262 e. The predicted octanol–water partition coefficient (Wildman–Crippen LogP) is 3.13. The van der Waals surface area contributed by atoms with Crippen molar-refractivity contribution >= 4 is 23.2 Å². The van der Waals surface area contributed by atoms with Crippen LogP contribution in [0.1, 0.15) is 34.6 Å². The molecule has 0 aliphatic carbocycles. The SMILES string of the molecule is Cc1ccccc1CNC(=O)[C@@H](NC(=O)c1cccs1)C(C)C. The summed E-state index contributed by atoms with van der Waals surface area (Å²) in [6.45, 7) is 6.32. The minimum Gasteiger partial charge on any atom is -0.350 e. The summed E-state index contributed by atoms with van der Waals surface area (Å²) in [5.74, 6) is -0.353. The van der Waals surface area contributed by atoms with Gasteiger partial charge in [0.1, 0.15) is 6.04 Å². The second kappa shape index (κ2) is 7.92. The number of carbonyl (C=O) groups is 2. The summed E-state index contributed by atoms with van der Waals surface area (Å²) in [7, 11) is 0. The highest BCUT2D eigenvalue weighted by Gasteiger charge is 2.24. The number of benzene rings is 1. The fourth-order valence-electron chi connectivity index (χ4n) is 2.26. The number of thiophene rings is 1. The van der Waals surface area contributed by atoms with E-state index in [1.165, 1.54) is 11.3 Å². The maximum atomic E-state index is 12.5. The maximum absolute atomic E-state index is 12.5. The van der Waals surface area contributed by atoms with Gasteiger partial charge in [0.05, 0.1) is 4.88 Å². The van der Waals surface area contributed by atoms with E-state index >= 15 is 0 Å². The van der Waals surface area contributed by atoms with Crippen LogP contribution in [0, 0.1) is 12.8 Å². The Balaban J connectivity index is 1.98. The average molecular weight is 330 g/mol. The van der Waals surface area contributed by atoms with Crippen LogP contribution in [-0.2, 0) is 11.3 Å². The molecule has 1 aromatic carbocycles. The van der Waals surface area contributed by atoms with Gasteiger partial charge in [0, 0.05) is 6.54 Å². The Kier molecular flexibility index (Phi) is 5.93. The van der Waals surface area contributed by atoms with E-state index in [-0.39, 0.29) is 17.7 Å². The Morgan fingerprint density at radius 3 is 2.48 bits per heavy atom. The fourth-order valence-corrected chi connectivity index (χ4v) is 2.88. The van der Waals surface area contributed by atoms with Gasteiger partial charge in [0.15, 0.2) is 0 Å². The Morgan fingerprint density at radius 1 is 1.13 bits per heavy atom. The summed E-state index contributed by atoms with van der Waals surface area (Å²) in [5, 5.41) is 7.60. The minimum atomic E-state index is -0.548. The zero-order valence-corrected chi connectivity index (χ0v) is 14.4. The predicted molar refractivity (Wildman–Crippen MR) is 93.4 cm³/mol. The highest BCUT2D eigenvalue weighted by atomic mass is 32.1. The number of nitrogens with one attached hydrogen (secondary N) is 2. The van der Waals surface area contributed by atoms with Gasteiger partial charge in [-0.3, -0.25) is 9.59 Å². The van der Waals surface area contributed by atoms with Crippen molar-refractivity contribution in [1.29, 1.82) is 0 Å². The third-order valence-corrected chi connectivity index (χ3v) is 4.56. The lowest BCUT2D eigenvalue weighted by Gasteiger charge is -2.21. The highest BCUT2D eigenvalue weighted by molar-refractivity contribution is 7.12. The van der Waals surface area contributed by atoms with Crippen molar-refractivity contribution in [3.63, 3.8) is 0 Å². The Bertz CT molecular complexity index is 665. The molecule has 0 spiro atoms. The molecule has 2 amide bonds. The molecule has 5 heteroatoms. The molecule has 0 bridgehead atoms. The zero-order valence-electron chi connectivity index (χ0n) is 13.6. The van der Waals surface area contributed by atoms with Crippen molar-refractivity contribution < 1.29 is 9.59 Å². The average Bonchev–Trinajstić information content (AvgIpc) is 3.05. The first-order chi connectivity index (χ1) is 11.0. The second-order valence-corrected chi connectivity index (χ2v) is 6.76. The molecule has 122 valence electrons. The zero-order chi connectivity index (χ0) is 16.8. The lowest BCUT2D eigenvalue weighted by Crippen LogP contribution is -2.49. The Labute approximate surface area is 140 Å². The number of carbonyl (C=O) groups excluding carboxylic acids is 2. The number of hydrogen-bond donors (Lipinski definition) is 2.